The number of para-hydroxylation sites is 2. The molecule has 0 saturated heterocycles. The average molecular weight is 310 g/mol. The van der Waals surface area contributed by atoms with Gasteiger partial charge in [0.25, 0.3) is 0 Å². The van der Waals surface area contributed by atoms with Crippen molar-refractivity contribution in [1.29, 1.82) is 0 Å². The quantitative estimate of drug-likeness (QED) is 0.477. The van der Waals surface area contributed by atoms with Gasteiger partial charge < -0.3 is 4.74 Å². The number of benzene rings is 2. The molecule has 108 valence electrons. The molecule has 0 aromatic heterocycles. The number of ketones is 1. The van der Waals surface area contributed by atoms with Crippen LogP contribution in [-0.4, -0.2) is 10.7 Å². The summed E-state index contributed by atoms with van der Waals surface area (Å²) >= 11 is 5.87. The number of carbonyl (C=O) groups excluding carboxylic acids is 1. The highest BCUT2D eigenvalue weighted by molar-refractivity contribution is 6.32. The van der Waals surface area contributed by atoms with E-state index in [1.807, 2.05) is 0 Å². The number of carbonyl (C=O) groups is 1. The van der Waals surface area contributed by atoms with Gasteiger partial charge in [0.05, 0.1) is 15.5 Å². The molecule has 0 N–H and O–H groups in total. The second kappa shape index (κ2) is 5.88. The molecule has 0 spiro atoms. The summed E-state index contributed by atoms with van der Waals surface area (Å²) < 4.78 is 19.1. The third-order valence-corrected chi connectivity index (χ3v) is 2.99. The molecule has 0 amide bonds. The summed E-state index contributed by atoms with van der Waals surface area (Å²) in [4.78, 5) is 21.8. The SMILES string of the molecule is CC(=O)c1cccc(F)c1Oc1c(Cl)cccc1[N+](=O)[O-]. The number of nitrogens with zero attached hydrogens (tertiary/aromatic N) is 1. The first kappa shape index (κ1) is 14.9. The molecule has 5 nitrogen and oxygen atoms in total. The Labute approximate surface area is 124 Å². The Morgan fingerprint density at radius 2 is 1.90 bits per heavy atom. The van der Waals surface area contributed by atoms with Crippen LogP contribution in [0.3, 0.4) is 0 Å². The number of ether oxygens (including phenoxy) is 1. The molecule has 0 heterocycles. The third-order valence-electron chi connectivity index (χ3n) is 2.69. The summed E-state index contributed by atoms with van der Waals surface area (Å²) in [5.41, 5.74) is -0.440. The van der Waals surface area contributed by atoms with Crippen molar-refractivity contribution in [2.24, 2.45) is 0 Å². The molecule has 0 unspecified atom stereocenters. The van der Waals surface area contributed by atoms with Crippen LogP contribution in [0.5, 0.6) is 11.5 Å². The second-order valence-electron chi connectivity index (χ2n) is 4.12. The van der Waals surface area contributed by atoms with Gasteiger partial charge in [0, 0.05) is 6.07 Å². The first-order valence-corrected chi connectivity index (χ1v) is 6.20. The number of hydrogen-bond acceptors (Lipinski definition) is 4. The van der Waals surface area contributed by atoms with Crippen LogP contribution in [0.15, 0.2) is 36.4 Å². The molecule has 21 heavy (non-hydrogen) atoms. The Bertz CT molecular complexity index is 671. The van der Waals surface area contributed by atoms with Crippen molar-refractivity contribution in [2.45, 2.75) is 6.92 Å². The zero-order valence-corrected chi connectivity index (χ0v) is 11.6. The zero-order valence-electron chi connectivity index (χ0n) is 10.8. The summed E-state index contributed by atoms with van der Waals surface area (Å²) in [7, 11) is 0. The molecular formula is C14H9ClFNO4. The molecule has 0 aliphatic carbocycles. The van der Waals surface area contributed by atoms with Gasteiger partial charge in [-0.25, -0.2) is 4.39 Å². The van der Waals surface area contributed by atoms with E-state index in [0.29, 0.717) is 0 Å². The molecule has 0 radical (unpaired) electrons. The zero-order chi connectivity index (χ0) is 15.6. The van der Waals surface area contributed by atoms with Gasteiger partial charge in [0.2, 0.25) is 5.75 Å². The molecule has 0 aliphatic heterocycles. The van der Waals surface area contributed by atoms with Crippen LogP contribution >= 0.6 is 11.6 Å². The summed E-state index contributed by atoms with van der Waals surface area (Å²) in [6.45, 7) is 1.24. The summed E-state index contributed by atoms with van der Waals surface area (Å²) in [5, 5.41) is 10.9. The lowest BCUT2D eigenvalue weighted by molar-refractivity contribution is -0.385. The lowest BCUT2D eigenvalue weighted by Gasteiger charge is -2.11. The minimum atomic E-state index is -0.808. The molecular weight excluding hydrogens is 301 g/mol. The highest BCUT2D eigenvalue weighted by Crippen LogP contribution is 2.39. The summed E-state index contributed by atoms with van der Waals surface area (Å²) in [6.07, 6.45) is 0. The number of Topliss-reactive ketones (excluding diaryl/α,β-unsaturated/α-hetero) is 1. The van der Waals surface area contributed by atoms with Crippen molar-refractivity contribution in [3.63, 3.8) is 0 Å². The van der Waals surface area contributed by atoms with E-state index in [1.165, 1.54) is 37.3 Å². The predicted molar refractivity (Wildman–Crippen MR) is 74.6 cm³/mol. The van der Waals surface area contributed by atoms with Crippen molar-refractivity contribution in [3.05, 3.63) is 62.9 Å². The molecule has 2 aromatic rings. The Morgan fingerprint density at radius 1 is 1.24 bits per heavy atom. The van der Waals surface area contributed by atoms with Gasteiger partial charge >= 0.3 is 5.69 Å². The lowest BCUT2D eigenvalue weighted by atomic mass is 10.1. The largest absolute Gasteiger partial charge is 0.445 e. The first-order valence-electron chi connectivity index (χ1n) is 5.82. The number of nitro groups is 1. The van der Waals surface area contributed by atoms with Crippen molar-refractivity contribution in [1.82, 2.24) is 0 Å². The molecule has 0 aliphatic rings. The van der Waals surface area contributed by atoms with E-state index in [4.69, 9.17) is 16.3 Å². The third kappa shape index (κ3) is 3.00. The molecule has 2 aromatic carbocycles. The monoisotopic (exact) mass is 309 g/mol. The number of halogens is 2. The van der Waals surface area contributed by atoms with Gasteiger partial charge in [-0.15, -0.1) is 0 Å². The van der Waals surface area contributed by atoms with Crippen LogP contribution in [0.1, 0.15) is 17.3 Å². The fourth-order valence-electron chi connectivity index (χ4n) is 1.73. The predicted octanol–water partition coefficient (Wildman–Crippen LogP) is 4.38. The molecule has 0 atom stereocenters. The van der Waals surface area contributed by atoms with Crippen LogP contribution in [0.2, 0.25) is 5.02 Å². The molecule has 0 fully saturated rings. The van der Waals surface area contributed by atoms with Crippen molar-refractivity contribution in [2.75, 3.05) is 0 Å². The highest BCUT2D eigenvalue weighted by Gasteiger charge is 2.22. The molecule has 0 bridgehead atoms. The van der Waals surface area contributed by atoms with Gasteiger partial charge in [-0.2, -0.15) is 0 Å². The van der Waals surface area contributed by atoms with Gasteiger partial charge in [0.1, 0.15) is 0 Å². The number of rotatable bonds is 4. The standard InChI is InChI=1S/C14H9ClFNO4/c1-8(18)9-4-2-6-11(16)13(9)21-14-10(15)5-3-7-12(14)17(19)20/h2-7H,1H3. The number of hydrogen-bond donors (Lipinski definition) is 0. The average Bonchev–Trinajstić information content (AvgIpc) is 2.42. The maximum absolute atomic E-state index is 13.9. The normalized spacial score (nSPS) is 10.2. The van der Waals surface area contributed by atoms with Gasteiger partial charge in [-0.3, -0.25) is 14.9 Å². The van der Waals surface area contributed by atoms with Crippen LogP contribution in [0.4, 0.5) is 10.1 Å². The van der Waals surface area contributed by atoms with Gasteiger partial charge in [-0.05, 0) is 25.1 Å². The highest BCUT2D eigenvalue weighted by atomic mass is 35.5. The topological polar surface area (TPSA) is 69.4 Å². The van der Waals surface area contributed by atoms with E-state index in [0.717, 1.165) is 6.07 Å². The lowest BCUT2D eigenvalue weighted by Crippen LogP contribution is -2.01. The fourth-order valence-corrected chi connectivity index (χ4v) is 1.94. The van der Waals surface area contributed by atoms with Crippen molar-refractivity contribution < 1.29 is 18.8 Å². The van der Waals surface area contributed by atoms with Gasteiger partial charge in [-0.1, -0.05) is 23.7 Å². The second-order valence-corrected chi connectivity index (χ2v) is 4.53. The Kier molecular flexibility index (Phi) is 4.18. The van der Waals surface area contributed by atoms with Crippen LogP contribution in [0, 0.1) is 15.9 Å². The van der Waals surface area contributed by atoms with Crippen LogP contribution in [-0.2, 0) is 0 Å². The number of nitro benzene ring substituents is 1. The fraction of sp³-hybridized carbons (Fsp3) is 0.0714. The minimum Gasteiger partial charge on any atom is -0.445 e. The van der Waals surface area contributed by atoms with E-state index in [-0.39, 0.29) is 22.1 Å². The van der Waals surface area contributed by atoms with Crippen LogP contribution < -0.4 is 4.74 Å². The van der Waals surface area contributed by atoms with E-state index < -0.39 is 22.2 Å². The van der Waals surface area contributed by atoms with Crippen molar-refractivity contribution in [3.8, 4) is 11.5 Å². The smallest absolute Gasteiger partial charge is 0.313 e. The van der Waals surface area contributed by atoms with E-state index >= 15 is 0 Å². The summed E-state index contributed by atoms with van der Waals surface area (Å²) in [6, 6.07) is 7.72. The van der Waals surface area contributed by atoms with E-state index in [2.05, 4.69) is 0 Å². The summed E-state index contributed by atoms with van der Waals surface area (Å²) in [5.74, 6) is -1.94. The van der Waals surface area contributed by atoms with Gasteiger partial charge in [0.15, 0.2) is 17.3 Å². The minimum absolute atomic E-state index is 0.0239. The Balaban J connectivity index is 2.59. The Hall–Kier alpha value is -2.47. The molecule has 0 saturated carbocycles. The maximum atomic E-state index is 13.9. The van der Waals surface area contributed by atoms with E-state index in [1.54, 1.807) is 0 Å². The van der Waals surface area contributed by atoms with Crippen molar-refractivity contribution >= 4 is 23.1 Å². The van der Waals surface area contributed by atoms with Crippen LogP contribution in [0.25, 0.3) is 0 Å². The van der Waals surface area contributed by atoms with E-state index in [9.17, 15) is 19.3 Å². The Morgan fingerprint density at radius 3 is 2.52 bits per heavy atom. The maximum Gasteiger partial charge on any atom is 0.313 e. The first-order chi connectivity index (χ1) is 9.91. The molecule has 2 rings (SSSR count). The molecule has 7 heteroatoms.